The van der Waals surface area contributed by atoms with Crippen molar-refractivity contribution in [2.24, 2.45) is 5.73 Å². The van der Waals surface area contributed by atoms with Crippen molar-refractivity contribution >= 4 is 17.2 Å². The van der Waals surface area contributed by atoms with Crippen LogP contribution in [0.5, 0.6) is 0 Å². The second-order valence-electron chi connectivity index (χ2n) is 2.76. The van der Waals surface area contributed by atoms with E-state index in [4.69, 9.17) is 10.8 Å². The van der Waals surface area contributed by atoms with Crippen LogP contribution in [0.1, 0.15) is 26.5 Å². The summed E-state index contributed by atoms with van der Waals surface area (Å²) in [4.78, 5) is 12.2. The van der Waals surface area contributed by atoms with Crippen molar-refractivity contribution in [2.75, 3.05) is 6.61 Å². The van der Waals surface area contributed by atoms with Gasteiger partial charge in [0.25, 0.3) is 5.91 Å². The van der Waals surface area contributed by atoms with Crippen molar-refractivity contribution < 1.29 is 9.90 Å². The van der Waals surface area contributed by atoms with E-state index in [1.54, 1.807) is 6.07 Å². The minimum Gasteiger partial charge on any atom is -0.395 e. The Morgan fingerprint density at radius 2 is 2.43 bits per heavy atom. The summed E-state index contributed by atoms with van der Waals surface area (Å²) in [5.41, 5.74) is 6.09. The lowest BCUT2D eigenvalue weighted by molar-refractivity contribution is 0.100. The number of aliphatic hydroxyl groups excluding tert-OH is 1. The molecule has 3 N–H and O–H groups in total. The zero-order valence-electron chi connectivity index (χ0n) is 7.83. The van der Waals surface area contributed by atoms with E-state index in [-0.39, 0.29) is 6.61 Å². The standard InChI is InChI=1S/C10H11NO2S/c1-7-6-9(10(11)13)14-8(7)4-2-3-5-12/h6,12H,3,5H2,1H3,(H2,11,13). The third-order valence-electron chi connectivity index (χ3n) is 1.60. The number of aliphatic hydroxyl groups is 1. The summed E-state index contributed by atoms with van der Waals surface area (Å²) in [6.07, 6.45) is 0.448. The van der Waals surface area contributed by atoms with Crippen molar-refractivity contribution in [1.82, 2.24) is 0 Å². The Morgan fingerprint density at radius 1 is 1.71 bits per heavy atom. The zero-order valence-corrected chi connectivity index (χ0v) is 8.65. The highest BCUT2D eigenvalue weighted by molar-refractivity contribution is 7.14. The van der Waals surface area contributed by atoms with Gasteiger partial charge in [-0.1, -0.05) is 11.8 Å². The van der Waals surface area contributed by atoms with Crippen molar-refractivity contribution in [2.45, 2.75) is 13.3 Å². The molecule has 0 aliphatic carbocycles. The lowest BCUT2D eigenvalue weighted by Crippen LogP contribution is -2.08. The molecule has 0 radical (unpaired) electrons. The van der Waals surface area contributed by atoms with Gasteiger partial charge in [-0.25, -0.2) is 0 Å². The smallest absolute Gasteiger partial charge is 0.258 e. The molecule has 0 aliphatic heterocycles. The van der Waals surface area contributed by atoms with Gasteiger partial charge in [-0.3, -0.25) is 4.79 Å². The number of primary amides is 1. The van der Waals surface area contributed by atoms with Gasteiger partial charge in [-0.05, 0) is 18.6 Å². The first-order valence-electron chi connectivity index (χ1n) is 4.15. The molecule has 1 rings (SSSR count). The Hall–Kier alpha value is -1.31. The van der Waals surface area contributed by atoms with E-state index in [1.165, 1.54) is 11.3 Å². The molecule has 0 aliphatic rings. The van der Waals surface area contributed by atoms with Gasteiger partial charge in [-0.2, -0.15) is 0 Å². The second kappa shape index (κ2) is 4.80. The highest BCUT2D eigenvalue weighted by Crippen LogP contribution is 2.20. The summed E-state index contributed by atoms with van der Waals surface area (Å²) in [6.45, 7) is 1.94. The maximum atomic E-state index is 10.8. The van der Waals surface area contributed by atoms with Gasteiger partial charge < -0.3 is 10.8 Å². The van der Waals surface area contributed by atoms with Gasteiger partial charge in [0.15, 0.2) is 0 Å². The summed E-state index contributed by atoms with van der Waals surface area (Å²) >= 11 is 1.29. The van der Waals surface area contributed by atoms with E-state index in [9.17, 15) is 4.79 Å². The van der Waals surface area contributed by atoms with Gasteiger partial charge in [0.1, 0.15) is 0 Å². The van der Waals surface area contributed by atoms with Crippen molar-refractivity contribution in [3.05, 3.63) is 21.4 Å². The van der Waals surface area contributed by atoms with E-state index in [1.807, 2.05) is 6.92 Å². The minimum atomic E-state index is -0.423. The molecule has 1 heterocycles. The van der Waals surface area contributed by atoms with E-state index in [0.29, 0.717) is 11.3 Å². The van der Waals surface area contributed by atoms with Crippen LogP contribution in [-0.2, 0) is 0 Å². The lowest BCUT2D eigenvalue weighted by atomic mass is 10.2. The Morgan fingerprint density at radius 3 is 2.93 bits per heavy atom. The fourth-order valence-corrected chi connectivity index (χ4v) is 1.83. The van der Waals surface area contributed by atoms with E-state index < -0.39 is 5.91 Å². The molecule has 1 amide bonds. The second-order valence-corrected chi connectivity index (χ2v) is 3.81. The minimum absolute atomic E-state index is 0.0557. The predicted octanol–water partition coefficient (Wildman–Crippen LogP) is 0.889. The van der Waals surface area contributed by atoms with Crippen LogP contribution in [0.15, 0.2) is 6.07 Å². The third-order valence-corrected chi connectivity index (χ3v) is 2.77. The first kappa shape index (κ1) is 10.8. The third kappa shape index (κ3) is 2.59. The molecule has 0 aromatic carbocycles. The zero-order chi connectivity index (χ0) is 10.6. The molecule has 0 unspecified atom stereocenters. The molecule has 1 aromatic heterocycles. The van der Waals surface area contributed by atoms with Crippen LogP contribution < -0.4 is 5.73 Å². The molecule has 3 nitrogen and oxygen atoms in total. The van der Waals surface area contributed by atoms with Crippen LogP contribution in [0.25, 0.3) is 0 Å². The van der Waals surface area contributed by atoms with E-state index >= 15 is 0 Å². The highest BCUT2D eigenvalue weighted by Gasteiger charge is 2.07. The van der Waals surface area contributed by atoms with Crippen LogP contribution in [0.2, 0.25) is 0 Å². The Kier molecular flexibility index (Phi) is 3.69. The largest absolute Gasteiger partial charge is 0.395 e. The molecule has 0 bridgehead atoms. The van der Waals surface area contributed by atoms with E-state index in [2.05, 4.69) is 11.8 Å². The summed E-state index contributed by atoms with van der Waals surface area (Å²) in [5, 5.41) is 8.53. The van der Waals surface area contributed by atoms with Crippen molar-refractivity contribution in [3.63, 3.8) is 0 Å². The number of amides is 1. The summed E-state index contributed by atoms with van der Waals surface area (Å²) in [5.74, 6) is 5.27. The van der Waals surface area contributed by atoms with Gasteiger partial charge in [0.05, 0.1) is 16.4 Å². The Balaban J connectivity index is 2.89. The molecule has 1 aromatic rings. The van der Waals surface area contributed by atoms with Gasteiger partial charge >= 0.3 is 0 Å². The van der Waals surface area contributed by atoms with Gasteiger partial charge in [0, 0.05) is 6.42 Å². The van der Waals surface area contributed by atoms with Crippen LogP contribution in [0.4, 0.5) is 0 Å². The topological polar surface area (TPSA) is 63.3 Å². The molecule has 0 saturated carbocycles. The normalized spacial score (nSPS) is 9.29. The number of rotatable bonds is 2. The molecule has 14 heavy (non-hydrogen) atoms. The molecule has 74 valence electrons. The van der Waals surface area contributed by atoms with Crippen LogP contribution in [0.3, 0.4) is 0 Å². The average molecular weight is 209 g/mol. The highest BCUT2D eigenvalue weighted by atomic mass is 32.1. The van der Waals surface area contributed by atoms with E-state index in [0.717, 1.165) is 10.4 Å². The number of hydrogen-bond donors (Lipinski definition) is 2. The average Bonchev–Trinajstić information content (AvgIpc) is 2.49. The number of nitrogens with two attached hydrogens (primary N) is 1. The van der Waals surface area contributed by atoms with Gasteiger partial charge in [0.2, 0.25) is 0 Å². The molecule has 0 atom stereocenters. The molecule has 0 saturated heterocycles. The molecule has 0 fully saturated rings. The number of carbonyl (C=O) groups is 1. The SMILES string of the molecule is Cc1cc(C(N)=O)sc1C#CCCO. The van der Waals surface area contributed by atoms with Crippen molar-refractivity contribution in [1.29, 1.82) is 0 Å². The number of thiophene rings is 1. The van der Waals surface area contributed by atoms with Crippen LogP contribution in [-0.4, -0.2) is 17.6 Å². The molecule has 0 spiro atoms. The number of carbonyl (C=O) groups excluding carboxylic acids is 1. The fraction of sp³-hybridized carbons (Fsp3) is 0.300. The van der Waals surface area contributed by atoms with Crippen LogP contribution >= 0.6 is 11.3 Å². The summed E-state index contributed by atoms with van der Waals surface area (Å²) in [7, 11) is 0. The van der Waals surface area contributed by atoms with Crippen molar-refractivity contribution in [3.8, 4) is 11.8 Å². The first-order valence-corrected chi connectivity index (χ1v) is 4.96. The lowest BCUT2D eigenvalue weighted by Gasteiger charge is -1.83. The monoisotopic (exact) mass is 209 g/mol. The maximum Gasteiger partial charge on any atom is 0.258 e. The molecular weight excluding hydrogens is 198 g/mol. The first-order chi connectivity index (χ1) is 6.65. The summed E-state index contributed by atoms with van der Waals surface area (Å²) in [6, 6.07) is 1.73. The van der Waals surface area contributed by atoms with Gasteiger partial charge in [-0.15, -0.1) is 11.3 Å². The van der Waals surface area contributed by atoms with Crippen LogP contribution in [0, 0.1) is 18.8 Å². The number of hydrogen-bond acceptors (Lipinski definition) is 3. The fourth-order valence-electron chi connectivity index (χ4n) is 0.926. The Bertz CT molecular complexity index is 398. The molecular formula is C10H11NO2S. The number of aryl methyl sites for hydroxylation is 1. The maximum absolute atomic E-state index is 10.8. The Labute approximate surface area is 86.6 Å². The quantitative estimate of drug-likeness (QED) is 0.710. The summed E-state index contributed by atoms with van der Waals surface area (Å²) < 4.78 is 0. The molecule has 4 heteroatoms. The predicted molar refractivity (Wildman–Crippen MR) is 56.2 cm³/mol.